The predicted octanol–water partition coefficient (Wildman–Crippen LogP) is 5.20. The number of benzene rings is 2. The molecule has 0 aromatic heterocycles. The molecule has 0 radical (unpaired) electrons. The van der Waals surface area contributed by atoms with Gasteiger partial charge >= 0.3 is 0 Å². The smallest absolute Gasteiger partial charge is 0.294 e. The molecule has 0 bridgehead atoms. The van der Waals surface area contributed by atoms with Crippen molar-refractivity contribution in [1.29, 1.82) is 0 Å². The SMILES string of the molecule is CCCCOc1ccc(/C=C2\SC(=O)N(CC(=O)Nc3ccc(Cl)cc3)C2=O)cc1OC. The van der Waals surface area contributed by atoms with Crippen molar-refractivity contribution in [1.82, 2.24) is 4.90 Å². The highest BCUT2D eigenvalue weighted by Gasteiger charge is 2.36. The highest BCUT2D eigenvalue weighted by molar-refractivity contribution is 8.18. The molecule has 3 amide bonds. The summed E-state index contributed by atoms with van der Waals surface area (Å²) >= 11 is 6.62. The van der Waals surface area contributed by atoms with Crippen LogP contribution in [-0.4, -0.2) is 42.2 Å². The summed E-state index contributed by atoms with van der Waals surface area (Å²) in [4.78, 5) is 38.5. The van der Waals surface area contributed by atoms with Crippen LogP contribution >= 0.6 is 23.4 Å². The first-order valence-electron chi connectivity index (χ1n) is 10.0. The number of halogens is 1. The molecule has 1 N–H and O–H groups in total. The molecule has 1 aliphatic rings. The van der Waals surface area contributed by atoms with Gasteiger partial charge in [-0.3, -0.25) is 19.3 Å². The lowest BCUT2D eigenvalue weighted by Crippen LogP contribution is -2.36. The van der Waals surface area contributed by atoms with E-state index >= 15 is 0 Å². The van der Waals surface area contributed by atoms with E-state index in [2.05, 4.69) is 12.2 Å². The first-order chi connectivity index (χ1) is 15.4. The summed E-state index contributed by atoms with van der Waals surface area (Å²) < 4.78 is 11.1. The first-order valence-corrected chi connectivity index (χ1v) is 11.2. The number of methoxy groups -OCH3 is 1. The molecule has 9 heteroatoms. The van der Waals surface area contributed by atoms with E-state index in [1.165, 1.54) is 0 Å². The Hall–Kier alpha value is -2.97. The lowest BCUT2D eigenvalue weighted by Gasteiger charge is -2.12. The summed E-state index contributed by atoms with van der Waals surface area (Å²) in [7, 11) is 1.54. The number of hydrogen-bond acceptors (Lipinski definition) is 6. The van der Waals surface area contributed by atoms with Crippen molar-refractivity contribution in [2.45, 2.75) is 19.8 Å². The fourth-order valence-electron chi connectivity index (χ4n) is 2.88. The molecule has 1 heterocycles. The van der Waals surface area contributed by atoms with Gasteiger partial charge in [0.05, 0.1) is 18.6 Å². The van der Waals surface area contributed by atoms with Gasteiger partial charge in [-0.15, -0.1) is 0 Å². The Morgan fingerprint density at radius 2 is 1.91 bits per heavy atom. The molecule has 0 saturated carbocycles. The van der Waals surface area contributed by atoms with Crippen molar-refractivity contribution in [2.24, 2.45) is 0 Å². The van der Waals surface area contributed by atoms with Gasteiger partial charge in [-0.1, -0.05) is 31.0 Å². The lowest BCUT2D eigenvalue weighted by atomic mass is 10.2. The number of unbranched alkanes of at least 4 members (excludes halogenated alkanes) is 1. The monoisotopic (exact) mass is 474 g/mol. The van der Waals surface area contributed by atoms with Crippen molar-refractivity contribution in [3.05, 3.63) is 58.0 Å². The second-order valence-electron chi connectivity index (χ2n) is 6.94. The highest BCUT2D eigenvalue weighted by Crippen LogP contribution is 2.34. The Morgan fingerprint density at radius 1 is 1.16 bits per heavy atom. The topological polar surface area (TPSA) is 84.9 Å². The Kier molecular flexibility index (Phi) is 8.19. The van der Waals surface area contributed by atoms with E-state index in [9.17, 15) is 14.4 Å². The summed E-state index contributed by atoms with van der Waals surface area (Å²) in [5, 5.41) is 2.68. The van der Waals surface area contributed by atoms with Crippen LogP contribution in [0, 0.1) is 0 Å². The van der Waals surface area contributed by atoms with Crippen molar-refractivity contribution in [3.63, 3.8) is 0 Å². The van der Waals surface area contributed by atoms with Gasteiger partial charge in [-0.05, 0) is 66.2 Å². The number of anilines is 1. The number of amides is 3. The quantitative estimate of drug-likeness (QED) is 0.397. The highest BCUT2D eigenvalue weighted by atomic mass is 35.5. The van der Waals surface area contributed by atoms with Gasteiger partial charge in [-0.2, -0.15) is 0 Å². The maximum atomic E-state index is 12.7. The zero-order valence-electron chi connectivity index (χ0n) is 17.7. The molecule has 32 heavy (non-hydrogen) atoms. The fourth-order valence-corrected chi connectivity index (χ4v) is 3.85. The number of nitrogens with zero attached hydrogens (tertiary/aromatic N) is 1. The summed E-state index contributed by atoms with van der Waals surface area (Å²) in [5.74, 6) is 0.154. The summed E-state index contributed by atoms with van der Waals surface area (Å²) in [6, 6.07) is 11.8. The van der Waals surface area contributed by atoms with E-state index in [-0.39, 0.29) is 11.4 Å². The molecule has 0 aliphatic carbocycles. The third-order valence-electron chi connectivity index (χ3n) is 4.54. The standard InChI is InChI=1S/C23H23ClN2O5S/c1-3-4-11-31-18-10-5-15(12-19(18)30-2)13-20-22(28)26(23(29)32-20)14-21(27)25-17-8-6-16(24)7-9-17/h5-10,12-13H,3-4,11,14H2,1-2H3,(H,25,27)/b20-13-. The summed E-state index contributed by atoms with van der Waals surface area (Å²) in [6.45, 7) is 2.29. The number of carbonyl (C=O) groups excluding carboxylic acids is 3. The first kappa shape index (κ1) is 23.7. The molecule has 1 fully saturated rings. The summed E-state index contributed by atoms with van der Waals surface area (Å²) in [5.41, 5.74) is 1.20. The van der Waals surface area contributed by atoms with Crippen LogP contribution in [0.1, 0.15) is 25.3 Å². The Bertz CT molecular complexity index is 1040. The van der Waals surface area contributed by atoms with Gasteiger partial charge in [-0.25, -0.2) is 0 Å². The van der Waals surface area contributed by atoms with Crippen LogP contribution in [-0.2, 0) is 9.59 Å². The van der Waals surface area contributed by atoms with Crippen LogP contribution in [0.25, 0.3) is 6.08 Å². The average molecular weight is 475 g/mol. The third-order valence-corrected chi connectivity index (χ3v) is 5.70. The Balaban J connectivity index is 1.68. The second kappa shape index (κ2) is 11.1. The minimum absolute atomic E-state index is 0.232. The van der Waals surface area contributed by atoms with Crippen LogP contribution in [0.2, 0.25) is 5.02 Å². The van der Waals surface area contributed by atoms with E-state index < -0.39 is 17.1 Å². The maximum absolute atomic E-state index is 12.7. The van der Waals surface area contributed by atoms with Crippen LogP contribution in [0.15, 0.2) is 47.4 Å². The van der Waals surface area contributed by atoms with Crippen molar-refractivity contribution >= 4 is 52.2 Å². The third kappa shape index (κ3) is 6.05. The predicted molar refractivity (Wildman–Crippen MR) is 126 cm³/mol. The number of nitrogens with one attached hydrogen (secondary N) is 1. The number of carbonyl (C=O) groups is 3. The molecule has 1 saturated heterocycles. The zero-order chi connectivity index (χ0) is 23.1. The molecule has 1 aliphatic heterocycles. The van der Waals surface area contributed by atoms with Gasteiger partial charge < -0.3 is 14.8 Å². The van der Waals surface area contributed by atoms with Crippen LogP contribution < -0.4 is 14.8 Å². The molecule has 2 aromatic rings. The normalized spacial score (nSPS) is 14.7. The number of hydrogen-bond donors (Lipinski definition) is 1. The van der Waals surface area contributed by atoms with Crippen molar-refractivity contribution in [3.8, 4) is 11.5 Å². The average Bonchev–Trinajstić information content (AvgIpc) is 3.03. The minimum Gasteiger partial charge on any atom is -0.493 e. The van der Waals surface area contributed by atoms with Crippen LogP contribution in [0.4, 0.5) is 10.5 Å². The van der Waals surface area contributed by atoms with Gasteiger partial charge in [0.15, 0.2) is 11.5 Å². The van der Waals surface area contributed by atoms with Gasteiger partial charge in [0.1, 0.15) is 6.54 Å². The van der Waals surface area contributed by atoms with E-state index in [1.54, 1.807) is 55.7 Å². The van der Waals surface area contributed by atoms with E-state index in [0.29, 0.717) is 34.4 Å². The number of imide groups is 1. The molecule has 2 aromatic carbocycles. The molecule has 168 valence electrons. The number of ether oxygens (including phenoxy) is 2. The van der Waals surface area contributed by atoms with Gasteiger partial charge in [0, 0.05) is 10.7 Å². The zero-order valence-corrected chi connectivity index (χ0v) is 19.3. The molecule has 7 nitrogen and oxygen atoms in total. The number of rotatable bonds is 9. The minimum atomic E-state index is -0.520. The second-order valence-corrected chi connectivity index (χ2v) is 8.36. The Labute approximate surface area is 195 Å². The largest absolute Gasteiger partial charge is 0.493 e. The molecule has 0 unspecified atom stereocenters. The Morgan fingerprint density at radius 3 is 2.59 bits per heavy atom. The molecule has 0 atom stereocenters. The van der Waals surface area contributed by atoms with E-state index in [1.807, 2.05) is 0 Å². The van der Waals surface area contributed by atoms with Crippen molar-refractivity contribution < 1.29 is 23.9 Å². The molecular weight excluding hydrogens is 452 g/mol. The molecule has 3 rings (SSSR count). The van der Waals surface area contributed by atoms with Crippen molar-refractivity contribution in [2.75, 3.05) is 25.6 Å². The van der Waals surface area contributed by atoms with Gasteiger partial charge in [0.25, 0.3) is 11.1 Å². The van der Waals surface area contributed by atoms with Crippen LogP contribution in [0.3, 0.4) is 0 Å². The molecular formula is C23H23ClN2O5S. The molecule has 0 spiro atoms. The van der Waals surface area contributed by atoms with Crippen LogP contribution in [0.5, 0.6) is 11.5 Å². The lowest BCUT2D eigenvalue weighted by molar-refractivity contribution is -0.127. The fraction of sp³-hybridized carbons (Fsp3) is 0.261. The number of thioether (sulfide) groups is 1. The van der Waals surface area contributed by atoms with E-state index in [4.69, 9.17) is 21.1 Å². The van der Waals surface area contributed by atoms with E-state index in [0.717, 1.165) is 29.5 Å². The maximum Gasteiger partial charge on any atom is 0.294 e. The summed E-state index contributed by atoms with van der Waals surface area (Å²) in [6.07, 6.45) is 3.55. The van der Waals surface area contributed by atoms with Gasteiger partial charge in [0.2, 0.25) is 5.91 Å².